The number of amides is 2. The predicted octanol–water partition coefficient (Wildman–Crippen LogP) is 2.70. The predicted molar refractivity (Wildman–Crippen MR) is 134 cm³/mol. The zero-order valence-electron chi connectivity index (χ0n) is 20.6. The van der Waals surface area contributed by atoms with Crippen molar-refractivity contribution in [2.24, 2.45) is 17.4 Å². The summed E-state index contributed by atoms with van der Waals surface area (Å²) < 4.78 is 9.94. The van der Waals surface area contributed by atoms with E-state index in [2.05, 4.69) is 17.6 Å². The molecule has 0 saturated carbocycles. The number of hydrogen-bond acceptors (Lipinski definition) is 9. The first-order valence-electron chi connectivity index (χ1n) is 11.3. The van der Waals surface area contributed by atoms with E-state index in [9.17, 15) is 24.5 Å². The maximum absolute atomic E-state index is 12.0. The van der Waals surface area contributed by atoms with E-state index in [4.69, 9.17) is 20.9 Å². The van der Waals surface area contributed by atoms with Crippen molar-refractivity contribution in [3.05, 3.63) is 64.2 Å². The minimum absolute atomic E-state index is 0.0424. The molecule has 0 spiro atoms. The van der Waals surface area contributed by atoms with Crippen molar-refractivity contribution in [1.82, 2.24) is 5.32 Å². The van der Waals surface area contributed by atoms with Crippen LogP contribution in [0.4, 0.5) is 16.2 Å². The van der Waals surface area contributed by atoms with Crippen LogP contribution in [0.2, 0.25) is 0 Å². The lowest BCUT2D eigenvalue weighted by Gasteiger charge is -2.15. The van der Waals surface area contributed by atoms with E-state index in [0.717, 1.165) is 13.0 Å². The highest BCUT2D eigenvalue weighted by Gasteiger charge is 2.17. The first-order chi connectivity index (χ1) is 17.1. The lowest BCUT2D eigenvalue weighted by Crippen LogP contribution is -2.46. The number of nitrogens with two attached hydrogens (primary N) is 2. The number of non-ortho nitro benzene ring substituents is 1. The minimum atomic E-state index is -0.966. The second kappa shape index (κ2) is 15.8. The van der Waals surface area contributed by atoms with Gasteiger partial charge in [-0.2, -0.15) is 0 Å². The Morgan fingerprint density at radius 1 is 1.06 bits per heavy atom. The Morgan fingerprint density at radius 3 is 2.14 bits per heavy atom. The summed E-state index contributed by atoms with van der Waals surface area (Å²) in [7, 11) is 0. The molecule has 12 heteroatoms. The molecule has 1 unspecified atom stereocenters. The molecule has 36 heavy (non-hydrogen) atoms. The molecule has 0 aromatic heterocycles. The third-order valence-corrected chi connectivity index (χ3v) is 4.58. The maximum Gasteiger partial charge on any atom is 0.514 e. The Balaban J connectivity index is 0.00000150. The zero-order chi connectivity index (χ0) is 27.1. The average Bonchev–Trinajstić information content (AvgIpc) is 2.86. The smallest absolute Gasteiger partial charge is 0.429 e. The van der Waals surface area contributed by atoms with Gasteiger partial charge in [0.1, 0.15) is 12.4 Å². The fourth-order valence-electron chi connectivity index (χ4n) is 2.38. The molecule has 12 nitrogen and oxygen atoms in total. The zero-order valence-corrected chi connectivity index (χ0v) is 20.6. The molecule has 2 rings (SSSR count). The number of carbonyl (C=O) groups excluding carboxylic acids is 3. The van der Waals surface area contributed by atoms with Crippen LogP contribution in [-0.2, 0) is 20.9 Å². The lowest BCUT2D eigenvalue weighted by atomic mass is 10.1. The van der Waals surface area contributed by atoms with Crippen LogP contribution in [0.1, 0.15) is 32.8 Å². The maximum atomic E-state index is 12.0. The second-order valence-corrected chi connectivity index (χ2v) is 7.91. The van der Waals surface area contributed by atoms with Crippen LogP contribution in [0, 0.1) is 16.0 Å². The van der Waals surface area contributed by atoms with Crippen molar-refractivity contribution in [2.75, 3.05) is 18.4 Å². The molecule has 196 valence electrons. The number of nitro benzene ring substituents is 1. The van der Waals surface area contributed by atoms with Crippen molar-refractivity contribution in [3.63, 3.8) is 0 Å². The Bertz CT molecular complexity index is 993. The number of nitrogens with one attached hydrogen (secondary N) is 2. The fraction of sp³-hybridized carbons (Fsp3) is 0.375. The van der Waals surface area contributed by atoms with Crippen LogP contribution in [0.5, 0.6) is 5.75 Å². The molecule has 0 radical (unpaired) electrons. The molecule has 0 fully saturated rings. The number of nitro groups is 1. The molecule has 0 bridgehead atoms. The number of anilines is 1. The molecule has 1 atom stereocenters. The summed E-state index contributed by atoms with van der Waals surface area (Å²) in [5.74, 6) is -0.743. The van der Waals surface area contributed by atoms with E-state index < -0.39 is 28.9 Å². The van der Waals surface area contributed by atoms with E-state index >= 15 is 0 Å². The fourth-order valence-corrected chi connectivity index (χ4v) is 2.38. The Morgan fingerprint density at radius 2 is 1.64 bits per heavy atom. The molecule has 6 N–H and O–H groups in total. The third-order valence-electron chi connectivity index (χ3n) is 4.58. The number of hydrogen-bond donors (Lipinski definition) is 4. The van der Waals surface area contributed by atoms with E-state index in [-0.39, 0.29) is 30.5 Å². The van der Waals surface area contributed by atoms with Crippen LogP contribution in [0.15, 0.2) is 48.5 Å². The summed E-state index contributed by atoms with van der Waals surface area (Å²) in [6.07, 6.45) is 0.131. The van der Waals surface area contributed by atoms with Crippen molar-refractivity contribution in [3.8, 4) is 5.75 Å². The van der Waals surface area contributed by atoms with Gasteiger partial charge in [0, 0.05) is 17.8 Å². The summed E-state index contributed by atoms with van der Waals surface area (Å²) in [5.41, 5.74) is 11.7. The van der Waals surface area contributed by atoms with Gasteiger partial charge in [-0.15, -0.1) is 0 Å². The number of carbonyl (C=O) groups is 3. The van der Waals surface area contributed by atoms with Gasteiger partial charge in [-0.3, -0.25) is 19.7 Å². The average molecular weight is 504 g/mol. The molecule has 0 aliphatic rings. The van der Waals surface area contributed by atoms with E-state index in [1.54, 1.807) is 24.3 Å². The summed E-state index contributed by atoms with van der Waals surface area (Å²) in [6.45, 7) is 6.21. The topological polar surface area (TPSA) is 189 Å². The largest absolute Gasteiger partial charge is 0.514 e. The summed E-state index contributed by atoms with van der Waals surface area (Å²) >= 11 is 0. The monoisotopic (exact) mass is 503 g/mol. The van der Waals surface area contributed by atoms with Crippen molar-refractivity contribution < 1.29 is 28.8 Å². The summed E-state index contributed by atoms with van der Waals surface area (Å²) in [4.78, 5) is 45.5. The highest BCUT2D eigenvalue weighted by molar-refractivity contribution is 5.95. The van der Waals surface area contributed by atoms with Crippen LogP contribution in [-0.4, -0.2) is 42.0 Å². The number of benzene rings is 2. The van der Waals surface area contributed by atoms with Crippen LogP contribution >= 0.6 is 0 Å². The highest BCUT2D eigenvalue weighted by atomic mass is 16.7. The van der Waals surface area contributed by atoms with E-state index in [0.29, 0.717) is 11.3 Å². The first kappa shape index (κ1) is 30.0. The van der Waals surface area contributed by atoms with Crippen LogP contribution in [0.3, 0.4) is 0 Å². The van der Waals surface area contributed by atoms with Gasteiger partial charge in [-0.05, 0) is 48.7 Å². The number of ether oxygens (including phenoxy) is 2. The lowest BCUT2D eigenvalue weighted by molar-refractivity contribution is -0.384. The van der Waals surface area contributed by atoms with E-state index in [1.807, 2.05) is 13.8 Å². The molecule has 0 saturated heterocycles. The highest BCUT2D eigenvalue weighted by Crippen LogP contribution is 2.18. The van der Waals surface area contributed by atoms with Gasteiger partial charge in [-0.1, -0.05) is 32.9 Å². The molecule has 0 aliphatic carbocycles. The Labute approximate surface area is 209 Å². The first-order valence-corrected chi connectivity index (χ1v) is 11.3. The van der Waals surface area contributed by atoms with Gasteiger partial charge < -0.3 is 31.6 Å². The van der Waals surface area contributed by atoms with Crippen molar-refractivity contribution in [1.29, 1.82) is 0 Å². The third kappa shape index (κ3) is 11.4. The Kier molecular flexibility index (Phi) is 13.2. The molecule has 2 amide bonds. The quantitative estimate of drug-likeness (QED) is 0.163. The summed E-state index contributed by atoms with van der Waals surface area (Å²) in [5, 5.41) is 15.7. The standard InChI is InChI=1S/C21H24N4O7.C3H9N/c1-13(2)19(22)20(27)23-11-18(26)24-15-5-3-14(4-6-15)12-31-21(28)32-17-9-7-16(8-10-17)25(29)30;1-2-3-4/h3-10,13,19H,11-12,22H2,1-2H3,(H,23,27)(H,24,26);2-4H2,1H3. The number of rotatable bonds is 10. The minimum Gasteiger partial charge on any atom is -0.429 e. The number of nitrogens with zero attached hydrogens (tertiary/aromatic N) is 1. The Hall–Kier alpha value is -4.03. The van der Waals surface area contributed by atoms with Crippen molar-refractivity contribution in [2.45, 2.75) is 39.8 Å². The molecule has 2 aromatic rings. The molecular formula is C24H33N5O7. The summed E-state index contributed by atoms with van der Waals surface area (Å²) in [6, 6.07) is 10.8. The normalized spacial score (nSPS) is 10.9. The van der Waals surface area contributed by atoms with Crippen LogP contribution < -0.4 is 26.8 Å². The van der Waals surface area contributed by atoms with Gasteiger partial charge in [-0.25, -0.2) is 4.79 Å². The van der Waals surface area contributed by atoms with Gasteiger partial charge in [0.2, 0.25) is 11.8 Å². The van der Waals surface area contributed by atoms with E-state index in [1.165, 1.54) is 24.3 Å². The van der Waals surface area contributed by atoms with Gasteiger partial charge >= 0.3 is 6.16 Å². The SMILES string of the molecule is CC(C)C(N)C(=O)NCC(=O)Nc1ccc(COC(=O)Oc2ccc([N+](=O)[O-])cc2)cc1.CCCN. The van der Waals surface area contributed by atoms with Gasteiger partial charge in [0.05, 0.1) is 17.5 Å². The molecule has 2 aromatic carbocycles. The molecule has 0 aliphatic heterocycles. The van der Waals surface area contributed by atoms with Crippen molar-refractivity contribution >= 4 is 29.3 Å². The van der Waals surface area contributed by atoms with Gasteiger partial charge in [0.15, 0.2) is 0 Å². The molecule has 0 heterocycles. The second-order valence-electron chi connectivity index (χ2n) is 7.91. The van der Waals surface area contributed by atoms with Gasteiger partial charge in [0.25, 0.3) is 5.69 Å². The van der Waals surface area contributed by atoms with Crippen LogP contribution in [0.25, 0.3) is 0 Å². The molecular weight excluding hydrogens is 470 g/mol.